The second-order valence-electron chi connectivity index (χ2n) is 7.62. The van der Waals surface area contributed by atoms with Crippen molar-refractivity contribution < 1.29 is 17.7 Å². The predicted octanol–water partition coefficient (Wildman–Crippen LogP) is 3.52. The second kappa shape index (κ2) is 10.7. The molecule has 0 bridgehead atoms. The van der Waals surface area contributed by atoms with Gasteiger partial charge < -0.3 is 15.2 Å². The van der Waals surface area contributed by atoms with Crippen LogP contribution in [0.5, 0.6) is 0 Å². The van der Waals surface area contributed by atoms with Crippen molar-refractivity contribution in [3.8, 4) is 0 Å². The number of rotatable bonds is 8. The van der Waals surface area contributed by atoms with Gasteiger partial charge in [-0.3, -0.25) is 4.90 Å². The molecule has 1 aromatic rings. The highest BCUT2D eigenvalue weighted by Gasteiger charge is 2.32. The van der Waals surface area contributed by atoms with Crippen LogP contribution in [0.15, 0.2) is 15.6 Å². The number of guanidine groups is 1. The first-order valence-corrected chi connectivity index (χ1v) is 10.0. The predicted molar refractivity (Wildman–Crippen MR) is 103 cm³/mol. The van der Waals surface area contributed by atoms with Gasteiger partial charge in [0.15, 0.2) is 11.7 Å². The van der Waals surface area contributed by atoms with Gasteiger partial charge in [0, 0.05) is 19.2 Å². The zero-order valence-corrected chi connectivity index (χ0v) is 17.0. The zero-order valence-electron chi connectivity index (χ0n) is 17.0. The van der Waals surface area contributed by atoms with Crippen molar-refractivity contribution in [2.45, 2.75) is 58.7 Å². The average molecular weight is 403 g/mol. The van der Waals surface area contributed by atoms with Crippen LogP contribution in [0.3, 0.4) is 0 Å². The maximum atomic E-state index is 12.5. The first-order valence-electron chi connectivity index (χ1n) is 10.0. The van der Waals surface area contributed by atoms with E-state index in [-0.39, 0.29) is 0 Å². The van der Waals surface area contributed by atoms with E-state index in [1.54, 1.807) is 0 Å². The van der Waals surface area contributed by atoms with E-state index in [1.165, 1.54) is 4.90 Å². The van der Waals surface area contributed by atoms with Crippen molar-refractivity contribution in [3.05, 3.63) is 17.5 Å². The molecule has 0 unspecified atom stereocenters. The highest BCUT2D eigenvalue weighted by molar-refractivity contribution is 5.79. The Hall–Kier alpha value is -1.77. The molecule has 0 aromatic carbocycles. The summed E-state index contributed by atoms with van der Waals surface area (Å²) in [4.78, 5) is 6.02. The van der Waals surface area contributed by atoms with Gasteiger partial charge in [-0.25, -0.2) is 4.99 Å². The Morgan fingerprint density at radius 2 is 2.04 bits per heavy atom. The number of piperidine rings is 1. The summed E-state index contributed by atoms with van der Waals surface area (Å²) in [5, 5.41) is 10.5. The SMILES string of the molecule is CCNC(=NCc1cc(C(C)C)no1)NCCC1CCN(CC(F)(F)F)CC1. The van der Waals surface area contributed by atoms with E-state index in [4.69, 9.17) is 4.52 Å². The Morgan fingerprint density at radius 1 is 1.32 bits per heavy atom. The number of halogens is 3. The zero-order chi connectivity index (χ0) is 20.6. The van der Waals surface area contributed by atoms with E-state index in [0.717, 1.165) is 43.8 Å². The lowest BCUT2D eigenvalue weighted by Crippen LogP contribution is -2.41. The molecule has 0 spiro atoms. The molecule has 1 aliphatic rings. The van der Waals surface area contributed by atoms with Crippen molar-refractivity contribution in [2.75, 3.05) is 32.7 Å². The summed E-state index contributed by atoms with van der Waals surface area (Å²) in [5.74, 6) is 2.19. The summed E-state index contributed by atoms with van der Waals surface area (Å²) in [6.07, 6.45) is -1.57. The van der Waals surface area contributed by atoms with Crippen LogP contribution < -0.4 is 10.6 Å². The van der Waals surface area contributed by atoms with Gasteiger partial charge in [-0.1, -0.05) is 19.0 Å². The minimum atomic E-state index is -4.11. The summed E-state index contributed by atoms with van der Waals surface area (Å²) < 4.78 is 42.7. The molecule has 9 heteroatoms. The molecule has 2 heterocycles. The van der Waals surface area contributed by atoms with Gasteiger partial charge in [0.1, 0.15) is 6.54 Å². The Balaban J connectivity index is 1.72. The van der Waals surface area contributed by atoms with Crippen molar-refractivity contribution in [2.24, 2.45) is 10.9 Å². The van der Waals surface area contributed by atoms with Crippen LogP contribution in [0.25, 0.3) is 0 Å². The van der Waals surface area contributed by atoms with Gasteiger partial charge in [0.05, 0.1) is 12.2 Å². The number of alkyl halides is 3. The molecule has 0 saturated carbocycles. The molecule has 1 fully saturated rings. The molecule has 2 rings (SSSR count). The fraction of sp³-hybridized carbons (Fsp3) is 0.789. The molecule has 160 valence electrons. The van der Waals surface area contributed by atoms with Crippen LogP contribution in [-0.4, -0.2) is 54.9 Å². The molecule has 6 nitrogen and oxygen atoms in total. The maximum absolute atomic E-state index is 12.5. The average Bonchev–Trinajstić information content (AvgIpc) is 3.09. The lowest BCUT2D eigenvalue weighted by Gasteiger charge is -2.32. The van der Waals surface area contributed by atoms with E-state index >= 15 is 0 Å². The number of likely N-dealkylation sites (tertiary alicyclic amines) is 1. The smallest absolute Gasteiger partial charge is 0.359 e. The number of nitrogens with zero attached hydrogens (tertiary/aromatic N) is 3. The van der Waals surface area contributed by atoms with Gasteiger partial charge in [0.2, 0.25) is 0 Å². The van der Waals surface area contributed by atoms with Gasteiger partial charge in [0.25, 0.3) is 0 Å². The normalized spacial score (nSPS) is 17.3. The molecule has 1 aromatic heterocycles. The second-order valence-corrected chi connectivity index (χ2v) is 7.62. The summed E-state index contributed by atoms with van der Waals surface area (Å²) in [6.45, 7) is 8.25. The van der Waals surface area contributed by atoms with Gasteiger partial charge in [-0.2, -0.15) is 13.2 Å². The van der Waals surface area contributed by atoms with Crippen LogP contribution in [0.1, 0.15) is 57.4 Å². The Morgan fingerprint density at radius 3 is 2.61 bits per heavy atom. The first-order chi connectivity index (χ1) is 13.3. The molecule has 2 N–H and O–H groups in total. The minimum Gasteiger partial charge on any atom is -0.359 e. The molecular formula is C19H32F3N5O. The quantitative estimate of drug-likeness (QED) is 0.514. The van der Waals surface area contributed by atoms with E-state index in [9.17, 15) is 13.2 Å². The third kappa shape index (κ3) is 8.08. The molecule has 1 aliphatic heterocycles. The molecule has 0 radical (unpaired) electrons. The van der Waals surface area contributed by atoms with E-state index in [0.29, 0.717) is 37.4 Å². The van der Waals surface area contributed by atoms with Crippen molar-refractivity contribution in [1.29, 1.82) is 0 Å². The number of aromatic nitrogens is 1. The monoisotopic (exact) mass is 403 g/mol. The summed E-state index contributed by atoms with van der Waals surface area (Å²) >= 11 is 0. The highest BCUT2D eigenvalue weighted by Crippen LogP contribution is 2.24. The van der Waals surface area contributed by atoms with Gasteiger partial charge in [-0.15, -0.1) is 0 Å². The lowest BCUT2D eigenvalue weighted by atomic mass is 9.93. The fourth-order valence-corrected chi connectivity index (χ4v) is 3.26. The molecule has 0 aliphatic carbocycles. The van der Waals surface area contributed by atoms with Crippen molar-refractivity contribution in [1.82, 2.24) is 20.7 Å². The van der Waals surface area contributed by atoms with Crippen LogP contribution in [0, 0.1) is 5.92 Å². The summed E-state index contributed by atoms with van der Waals surface area (Å²) in [6, 6.07) is 1.92. The largest absolute Gasteiger partial charge is 0.401 e. The van der Waals surface area contributed by atoms with Crippen molar-refractivity contribution >= 4 is 5.96 Å². The van der Waals surface area contributed by atoms with Gasteiger partial charge >= 0.3 is 6.18 Å². The number of aliphatic imine (C=N–C) groups is 1. The maximum Gasteiger partial charge on any atom is 0.401 e. The van der Waals surface area contributed by atoms with Crippen LogP contribution >= 0.6 is 0 Å². The number of hydrogen-bond acceptors (Lipinski definition) is 4. The van der Waals surface area contributed by atoms with Crippen LogP contribution in [0.4, 0.5) is 13.2 Å². The topological polar surface area (TPSA) is 65.7 Å². The van der Waals surface area contributed by atoms with Crippen molar-refractivity contribution in [3.63, 3.8) is 0 Å². The van der Waals surface area contributed by atoms with Crippen LogP contribution in [-0.2, 0) is 6.54 Å². The van der Waals surface area contributed by atoms with E-state index in [1.807, 2.05) is 13.0 Å². The lowest BCUT2D eigenvalue weighted by molar-refractivity contribution is -0.148. The molecule has 1 saturated heterocycles. The molecule has 0 amide bonds. The third-order valence-electron chi connectivity index (χ3n) is 4.86. The molecular weight excluding hydrogens is 371 g/mol. The summed E-state index contributed by atoms with van der Waals surface area (Å²) in [5.41, 5.74) is 0.917. The third-order valence-corrected chi connectivity index (χ3v) is 4.86. The van der Waals surface area contributed by atoms with E-state index < -0.39 is 12.7 Å². The Labute approximate surface area is 164 Å². The van der Waals surface area contributed by atoms with Crippen LogP contribution in [0.2, 0.25) is 0 Å². The minimum absolute atomic E-state index is 0.315. The standard InChI is InChI=1S/C19H32F3N5O/c1-4-23-18(25-12-16-11-17(14(2)3)26-28-16)24-8-5-15-6-9-27(10-7-15)13-19(20,21)22/h11,14-15H,4-10,12-13H2,1-3H3,(H2,23,24,25). The van der Waals surface area contributed by atoms with Gasteiger partial charge in [-0.05, 0) is 51.1 Å². The molecule has 28 heavy (non-hydrogen) atoms. The fourth-order valence-electron chi connectivity index (χ4n) is 3.26. The number of nitrogens with one attached hydrogen (secondary N) is 2. The Bertz CT molecular complexity index is 607. The molecule has 0 atom stereocenters. The first kappa shape index (κ1) is 22.5. The number of hydrogen-bond donors (Lipinski definition) is 2. The summed E-state index contributed by atoms with van der Waals surface area (Å²) in [7, 11) is 0. The van der Waals surface area contributed by atoms with E-state index in [2.05, 4.69) is 34.6 Å². The Kier molecular flexibility index (Phi) is 8.59. The highest BCUT2D eigenvalue weighted by atomic mass is 19.4.